The van der Waals surface area contributed by atoms with E-state index in [-0.39, 0.29) is 11.1 Å². The number of nitrogens with two attached hydrogens (primary N) is 1. The molecule has 0 amide bonds. The number of aryl methyl sites for hydroxylation is 1. The van der Waals surface area contributed by atoms with Crippen LogP contribution in [0.15, 0.2) is 36.4 Å². The minimum Gasteiger partial charge on any atom is -0.324 e. The molecule has 2 aromatic carbocycles. The summed E-state index contributed by atoms with van der Waals surface area (Å²) in [5, 5.41) is 0.811. The molecular formula is C15H14Cl2FN. The molecule has 0 aliphatic heterocycles. The van der Waals surface area contributed by atoms with E-state index in [0.29, 0.717) is 11.4 Å². The second-order valence-corrected chi connectivity index (χ2v) is 5.38. The fourth-order valence-corrected chi connectivity index (χ4v) is 2.18. The molecule has 1 unspecified atom stereocenters. The molecule has 0 bridgehead atoms. The van der Waals surface area contributed by atoms with Crippen molar-refractivity contribution in [2.45, 2.75) is 19.4 Å². The Hall–Kier alpha value is -1.09. The van der Waals surface area contributed by atoms with Gasteiger partial charge >= 0.3 is 0 Å². The van der Waals surface area contributed by atoms with Crippen LogP contribution in [0.3, 0.4) is 0 Å². The third-order valence-corrected chi connectivity index (χ3v) is 3.78. The number of halogens is 3. The van der Waals surface area contributed by atoms with Crippen molar-refractivity contribution in [2.24, 2.45) is 5.73 Å². The third kappa shape index (κ3) is 3.47. The lowest BCUT2D eigenvalue weighted by Crippen LogP contribution is -2.13. The minimum atomic E-state index is -0.423. The second kappa shape index (κ2) is 5.91. The Kier molecular flexibility index (Phi) is 4.46. The van der Waals surface area contributed by atoms with Gasteiger partial charge in [0.2, 0.25) is 0 Å². The zero-order chi connectivity index (χ0) is 14.0. The summed E-state index contributed by atoms with van der Waals surface area (Å²) < 4.78 is 13.4. The highest BCUT2D eigenvalue weighted by Gasteiger charge is 2.10. The summed E-state index contributed by atoms with van der Waals surface area (Å²) in [6, 6.07) is 10.2. The van der Waals surface area contributed by atoms with Crippen molar-refractivity contribution < 1.29 is 4.39 Å². The van der Waals surface area contributed by atoms with Gasteiger partial charge in [0.05, 0.1) is 5.02 Å². The summed E-state index contributed by atoms with van der Waals surface area (Å²) in [4.78, 5) is 0. The van der Waals surface area contributed by atoms with Crippen molar-refractivity contribution >= 4 is 23.2 Å². The molecule has 0 saturated carbocycles. The monoisotopic (exact) mass is 297 g/mol. The largest absolute Gasteiger partial charge is 0.324 e. The summed E-state index contributed by atoms with van der Waals surface area (Å²) in [7, 11) is 0. The van der Waals surface area contributed by atoms with E-state index in [0.717, 1.165) is 16.7 Å². The fraction of sp³-hybridized carbons (Fsp3) is 0.200. The maximum Gasteiger partial charge on any atom is 0.142 e. The zero-order valence-electron chi connectivity index (χ0n) is 10.5. The van der Waals surface area contributed by atoms with Gasteiger partial charge in [0.15, 0.2) is 0 Å². The molecule has 2 N–H and O–H groups in total. The maximum atomic E-state index is 13.4. The fourth-order valence-electron chi connectivity index (χ4n) is 1.88. The molecule has 1 atom stereocenters. The first-order valence-electron chi connectivity index (χ1n) is 5.93. The lowest BCUT2D eigenvalue weighted by Gasteiger charge is -2.13. The highest BCUT2D eigenvalue weighted by atomic mass is 35.5. The number of benzene rings is 2. The highest BCUT2D eigenvalue weighted by Crippen LogP contribution is 2.24. The molecule has 100 valence electrons. The van der Waals surface area contributed by atoms with Crippen molar-refractivity contribution in [1.29, 1.82) is 0 Å². The average molecular weight is 298 g/mol. The Morgan fingerprint density at radius 1 is 1.11 bits per heavy atom. The van der Waals surface area contributed by atoms with Crippen LogP contribution in [0.5, 0.6) is 0 Å². The second-order valence-electron chi connectivity index (χ2n) is 4.57. The van der Waals surface area contributed by atoms with Crippen molar-refractivity contribution in [3.63, 3.8) is 0 Å². The maximum absolute atomic E-state index is 13.4. The van der Waals surface area contributed by atoms with Crippen molar-refractivity contribution in [3.8, 4) is 0 Å². The van der Waals surface area contributed by atoms with Crippen LogP contribution in [0, 0.1) is 12.7 Å². The Labute approximate surface area is 122 Å². The van der Waals surface area contributed by atoms with E-state index in [9.17, 15) is 4.39 Å². The Bertz CT molecular complexity index is 599. The van der Waals surface area contributed by atoms with E-state index >= 15 is 0 Å². The lowest BCUT2D eigenvalue weighted by atomic mass is 9.99. The van der Waals surface area contributed by atoms with E-state index < -0.39 is 5.82 Å². The van der Waals surface area contributed by atoms with Crippen LogP contribution in [-0.4, -0.2) is 0 Å². The Balaban J connectivity index is 2.17. The van der Waals surface area contributed by atoms with E-state index in [1.807, 2.05) is 25.1 Å². The van der Waals surface area contributed by atoms with Gasteiger partial charge in [-0.25, -0.2) is 4.39 Å². The van der Waals surface area contributed by atoms with Gasteiger partial charge in [0.1, 0.15) is 5.82 Å². The van der Waals surface area contributed by atoms with Gasteiger partial charge in [-0.05, 0) is 48.2 Å². The average Bonchev–Trinajstić information content (AvgIpc) is 2.37. The lowest BCUT2D eigenvalue weighted by molar-refractivity contribution is 0.622. The minimum absolute atomic E-state index is 0.121. The van der Waals surface area contributed by atoms with E-state index in [1.54, 1.807) is 12.1 Å². The molecule has 4 heteroatoms. The van der Waals surface area contributed by atoms with Crippen LogP contribution in [-0.2, 0) is 6.42 Å². The van der Waals surface area contributed by atoms with Gasteiger partial charge in [0, 0.05) is 11.1 Å². The normalized spacial score (nSPS) is 12.5. The SMILES string of the molecule is Cc1ccc(C(N)Cc2ccc(Cl)c(F)c2)cc1Cl. The molecule has 0 heterocycles. The molecule has 2 aromatic rings. The molecule has 0 spiro atoms. The molecule has 19 heavy (non-hydrogen) atoms. The summed E-state index contributed by atoms with van der Waals surface area (Å²) in [6.45, 7) is 1.94. The van der Waals surface area contributed by atoms with Crippen molar-refractivity contribution in [3.05, 3.63) is 69.0 Å². The number of rotatable bonds is 3. The van der Waals surface area contributed by atoms with Gasteiger partial charge < -0.3 is 5.73 Å². The van der Waals surface area contributed by atoms with E-state index in [2.05, 4.69) is 0 Å². The van der Waals surface area contributed by atoms with Crippen LogP contribution >= 0.6 is 23.2 Å². The topological polar surface area (TPSA) is 26.0 Å². The first kappa shape index (κ1) is 14.3. The predicted octanol–water partition coefficient (Wildman–Crippen LogP) is 4.68. The molecule has 1 nitrogen and oxygen atoms in total. The van der Waals surface area contributed by atoms with Crippen molar-refractivity contribution in [2.75, 3.05) is 0 Å². The van der Waals surface area contributed by atoms with Gasteiger partial charge in [-0.2, -0.15) is 0 Å². The first-order valence-corrected chi connectivity index (χ1v) is 6.68. The molecular weight excluding hydrogens is 284 g/mol. The zero-order valence-corrected chi connectivity index (χ0v) is 12.0. The van der Waals surface area contributed by atoms with Crippen LogP contribution in [0.4, 0.5) is 4.39 Å². The number of hydrogen-bond acceptors (Lipinski definition) is 1. The first-order chi connectivity index (χ1) is 8.97. The summed E-state index contributed by atoms with van der Waals surface area (Å²) in [5.41, 5.74) is 8.88. The highest BCUT2D eigenvalue weighted by molar-refractivity contribution is 6.31. The molecule has 0 aliphatic carbocycles. The molecule has 0 aromatic heterocycles. The quantitative estimate of drug-likeness (QED) is 0.874. The summed E-state index contributed by atoms with van der Waals surface area (Å²) in [5.74, 6) is -0.423. The Morgan fingerprint density at radius 2 is 1.84 bits per heavy atom. The van der Waals surface area contributed by atoms with Crippen LogP contribution in [0.1, 0.15) is 22.7 Å². The van der Waals surface area contributed by atoms with Gasteiger partial charge in [-0.1, -0.05) is 41.4 Å². The van der Waals surface area contributed by atoms with Crippen LogP contribution < -0.4 is 5.73 Å². The number of hydrogen-bond donors (Lipinski definition) is 1. The van der Waals surface area contributed by atoms with Crippen LogP contribution in [0.2, 0.25) is 10.0 Å². The smallest absolute Gasteiger partial charge is 0.142 e. The molecule has 0 aliphatic rings. The van der Waals surface area contributed by atoms with Crippen molar-refractivity contribution in [1.82, 2.24) is 0 Å². The van der Waals surface area contributed by atoms with E-state index in [1.165, 1.54) is 6.07 Å². The third-order valence-electron chi connectivity index (χ3n) is 3.06. The molecule has 0 radical (unpaired) electrons. The predicted molar refractivity (Wildman–Crippen MR) is 78.2 cm³/mol. The van der Waals surface area contributed by atoms with Gasteiger partial charge in [-0.3, -0.25) is 0 Å². The molecule has 2 rings (SSSR count). The van der Waals surface area contributed by atoms with Gasteiger partial charge in [-0.15, -0.1) is 0 Å². The molecule has 0 fully saturated rings. The van der Waals surface area contributed by atoms with Gasteiger partial charge in [0.25, 0.3) is 0 Å². The Morgan fingerprint density at radius 3 is 2.47 bits per heavy atom. The van der Waals surface area contributed by atoms with Crippen LogP contribution in [0.25, 0.3) is 0 Å². The summed E-state index contributed by atoms with van der Waals surface area (Å²) in [6.07, 6.45) is 0.535. The standard InChI is InChI=1S/C15H14Cl2FN/c1-9-2-4-11(8-13(9)17)15(19)7-10-3-5-12(16)14(18)6-10/h2-6,8,15H,7,19H2,1H3. The molecule has 0 saturated heterocycles. The van der Waals surface area contributed by atoms with E-state index in [4.69, 9.17) is 28.9 Å². The summed E-state index contributed by atoms with van der Waals surface area (Å²) >= 11 is 11.7.